The summed E-state index contributed by atoms with van der Waals surface area (Å²) >= 11 is 8.00. The van der Waals surface area contributed by atoms with Gasteiger partial charge in [-0.15, -0.1) is 11.3 Å². The van der Waals surface area contributed by atoms with Gasteiger partial charge in [0, 0.05) is 18.5 Å². The van der Waals surface area contributed by atoms with E-state index in [2.05, 4.69) is 27.5 Å². The maximum absolute atomic E-state index is 6.31. The number of rotatable bonds is 7. The molecule has 6 nitrogen and oxygen atoms in total. The van der Waals surface area contributed by atoms with Crippen molar-refractivity contribution in [2.75, 3.05) is 20.8 Å². The van der Waals surface area contributed by atoms with Crippen LogP contribution in [0.15, 0.2) is 17.1 Å². The number of ether oxygens (including phenoxy) is 2. The van der Waals surface area contributed by atoms with Crippen molar-refractivity contribution in [3.05, 3.63) is 38.3 Å². The van der Waals surface area contributed by atoms with Crippen LogP contribution >= 0.6 is 22.9 Å². The first-order valence-electron chi connectivity index (χ1n) is 8.35. The van der Waals surface area contributed by atoms with Crippen LogP contribution < -0.4 is 20.1 Å². The zero-order valence-electron chi connectivity index (χ0n) is 15.8. The summed E-state index contributed by atoms with van der Waals surface area (Å²) < 4.78 is 10.9. The molecule has 8 heteroatoms. The molecule has 1 heterocycles. The highest BCUT2D eigenvalue weighted by molar-refractivity contribution is 7.11. The van der Waals surface area contributed by atoms with Crippen LogP contribution in [-0.4, -0.2) is 31.7 Å². The number of benzene rings is 1. The van der Waals surface area contributed by atoms with E-state index in [1.165, 1.54) is 4.88 Å². The zero-order valence-corrected chi connectivity index (χ0v) is 17.3. The SMILES string of the molecule is CCOc1c(Cl)cc(CNC(=NC)NCc2nc(C)c(C)s2)cc1OC. The molecule has 0 saturated carbocycles. The second-order valence-electron chi connectivity index (χ2n) is 5.57. The van der Waals surface area contributed by atoms with Crippen LogP contribution in [0.4, 0.5) is 0 Å². The van der Waals surface area contributed by atoms with Gasteiger partial charge in [-0.1, -0.05) is 11.6 Å². The molecule has 0 aliphatic rings. The second kappa shape index (κ2) is 9.64. The predicted octanol–water partition coefficient (Wildman–Crippen LogP) is 3.69. The van der Waals surface area contributed by atoms with Crippen molar-refractivity contribution in [2.45, 2.75) is 33.9 Å². The number of aliphatic imine (C=N–C) groups is 1. The third kappa shape index (κ3) is 5.25. The Labute approximate surface area is 163 Å². The Morgan fingerprint density at radius 1 is 1.27 bits per heavy atom. The summed E-state index contributed by atoms with van der Waals surface area (Å²) in [5, 5.41) is 8.10. The lowest BCUT2D eigenvalue weighted by atomic mass is 10.2. The topological polar surface area (TPSA) is 67.8 Å². The Morgan fingerprint density at radius 2 is 2.00 bits per heavy atom. The van der Waals surface area contributed by atoms with Crippen LogP contribution in [0.1, 0.15) is 28.1 Å². The predicted molar refractivity (Wildman–Crippen MR) is 108 cm³/mol. The van der Waals surface area contributed by atoms with Crippen molar-refractivity contribution in [3.8, 4) is 11.5 Å². The van der Waals surface area contributed by atoms with Crippen LogP contribution in [0.5, 0.6) is 11.5 Å². The molecule has 0 aliphatic carbocycles. The summed E-state index contributed by atoms with van der Waals surface area (Å²) in [6.07, 6.45) is 0. The first-order chi connectivity index (χ1) is 12.5. The summed E-state index contributed by atoms with van der Waals surface area (Å²) in [4.78, 5) is 10.0. The highest BCUT2D eigenvalue weighted by Crippen LogP contribution is 2.36. The Morgan fingerprint density at radius 3 is 2.58 bits per heavy atom. The molecule has 0 unspecified atom stereocenters. The molecular formula is C18H25ClN4O2S. The highest BCUT2D eigenvalue weighted by atomic mass is 35.5. The summed E-state index contributed by atoms with van der Waals surface area (Å²) in [7, 11) is 3.34. The van der Waals surface area contributed by atoms with Gasteiger partial charge in [-0.25, -0.2) is 4.98 Å². The first kappa shape index (κ1) is 20.3. The van der Waals surface area contributed by atoms with Crippen molar-refractivity contribution in [3.63, 3.8) is 0 Å². The number of halogens is 1. The number of guanidine groups is 1. The van der Waals surface area contributed by atoms with E-state index in [9.17, 15) is 0 Å². The number of thiazole rings is 1. The van der Waals surface area contributed by atoms with Crippen molar-refractivity contribution >= 4 is 28.9 Å². The van der Waals surface area contributed by atoms with Crippen molar-refractivity contribution in [1.29, 1.82) is 0 Å². The van der Waals surface area contributed by atoms with Crippen molar-refractivity contribution in [2.24, 2.45) is 4.99 Å². The molecule has 1 aromatic heterocycles. The quantitative estimate of drug-likeness (QED) is 0.552. The van der Waals surface area contributed by atoms with E-state index < -0.39 is 0 Å². The van der Waals surface area contributed by atoms with Gasteiger partial charge in [0.1, 0.15) is 5.01 Å². The minimum atomic E-state index is 0.527. The van der Waals surface area contributed by atoms with Crippen LogP contribution in [0, 0.1) is 13.8 Å². The molecule has 0 spiro atoms. The third-order valence-electron chi connectivity index (χ3n) is 3.74. The molecule has 142 valence electrons. The van der Waals surface area contributed by atoms with Gasteiger partial charge in [0.25, 0.3) is 0 Å². The maximum atomic E-state index is 6.31. The lowest BCUT2D eigenvalue weighted by Gasteiger charge is -2.15. The highest BCUT2D eigenvalue weighted by Gasteiger charge is 2.12. The average Bonchev–Trinajstić information content (AvgIpc) is 2.95. The van der Waals surface area contributed by atoms with Crippen LogP contribution in [0.25, 0.3) is 0 Å². The number of methoxy groups -OCH3 is 1. The summed E-state index contributed by atoms with van der Waals surface area (Å²) in [6, 6.07) is 3.77. The van der Waals surface area contributed by atoms with Gasteiger partial charge in [-0.2, -0.15) is 0 Å². The molecule has 0 fully saturated rings. The molecule has 0 atom stereocenters. The van der Waals surface area contributed by atoms with Crippen molar-refractivity contribution in [1.82, 2.24) is 15.6 Å². The van der Waals surface area contributed by atoms with E-state index >= 15 is 0 Å². The molecule has 0 radical (unpaired) electrons. The zero-order chi connectivity index (χ0) is 19.1. The number of hydrogen-bond acceptors (Lipinski definition) is 5. The van der Waals surface area contributed by atoms with E-state index in [1.807, 2.05) is 26.0 Å². The lowest BCUT2D eigenvalue weighted by molar-refractivity contribution is 0.311. The minimum Gasteiger partial charge on any atom is -0.493 e. The van der Waals surface area contributed by atoms with Gasteiger partial charge in [0.15, 0.2) is 17.5 Å². The number of hydrogen-bond donors (Lipinski definition) is 2. The smallest absolute Gasteiger partial charge is 0.191 e. The molecule has 0 saturated heterocycles. The van der Waals surface area contributed by atoms with Gasteiger partial charge in [0.05, 0.1) is 31.0 Å². The standard InChI is InChI=1S/C18H25ClN4O2S/c1-6-25-17-14(19)7-13(8-15(17)24-5)9-21-18(20-4)22-10-16-23-11(2)12(3)26-16/h7-8H,6,9-10H2,1-5H3,(H2,20,21,22). The van der Waals surface area contributed by atoms with Gasteiger partial charge < -0.3 is 20.1 Å². The fraction of sp³-hybridized carbons (Fsp3) is 0.444. The second-order valence-corrected chi connectivity index (χ2v) is 7.27. The normalized spacial score (nSPS) is 11.4. The van der Waals surface area contributed by atoms with E-state index in [-0.39, 0.29) is 0 Å². The van der Waals surface area contributed by atoms with E-state index in [4.69, 9.17) is 21.1 Å². The van der Waals surface area contributed by atoms with Crippen LogP contribution in [-0.2, 0) is 13.1 Å². The van der Waals surface area contributed by atoms with E-state index in [0.29, 0.717) is 42.2 Å². The third-order valence-corrected chi connectivity index (χ3v) is 5.09. The molecule has 0 aliphatic heterocycles. The van der Waals surface area contributed by atoms with Crippen LogP contribution in [0.3, 0.4) is 0 Å². The largest absolute Gasteiger partial charge is 0.493 e. The van der Waals surface area contributed by atoms with Gasteiger partial charge in [-0.05, 0) is 38.5 Å². The van der Waals surface area contributed by atoms with Gasteiger partial charge >= 0.3 is 0 Å². The Hall–Kier alpha value is -1.99. The summed E-state index contributed by atoms with van der Waals surface area (Å²) in [5.74, 6) is 1.88. The monoisotopic (exact) mass is 396 g/mol. The molecule has 1 aromatic carbocycles. The fourth-order valence-electron chi connectivity index (χ4n) is 2.34. The first-order valence-corrected chi connectivity index (χ1v) is 9.54. The van der Waals surface area contributed by atoms with E-state index in [0.717, 1.165) is 16.3 Å². The summed E-state index contributed by atoms with van der Waals surface area (Å²) in [6.45, 7) is 7.72. The van der Waals surface area contributed by atoms with Gasteiger partial charge in [0.2, 0.25) is 0 Å². The average molecular weight is 397 g/mol. The molecule has 26 heavy (non-hydrogen) atoms. The van der Waals surface area contributed by atoms with Crippen molar-refractivity contribution < 1.29 is 9.47 Å². The number of nitrogens with zero attached hydrogens (tertiary/aromatic N) is 2. The van der Waals surface area contributed by atoms with Crippen LogP contribution in [0.2, 0.25) is 5.02 Å². The minimum absolute atomic E-state index is 0.527. The Kier molecular flexibility index (Phi) is 7.53. The van der Waals surface area contributed by atoms with E-state index in [1.54, 1.807) is 25.5 Å². The molecule has 2 aromatic rings. The molecule has 0 bridgehead atoms. The molecule has 2 N–H and O–H groups in total. The molecule has 2 rings (SSSR count). The number of aromatic nitrogens is 1. The molecular weight excluding hydrogens is 372 g/mol. The van der Waals surface area contributed by atoms with Gasteiger partial charge in [-0.3, -0.25) is 4.99 Å². The molecule has 0 amide bonds. The lowest BCUT2D eigenvalue weighted by Crippen LogP contribution is -2.36. The number of aryl methyl sites for hydroxylation is 2. The summed E-state index contributed by atoms with van der Waals surface area (Å²) in [5.41, 5.74) is 2.05. The Balaban J connectivity index is 1.98. The number of nitrogens with one attached hydrogen (secondary N) is 2. The fourth-order valence-corrected chi connectivity index (χ4v) is 3.50. The maximum Gasteiger partial charge on any atom is 0.191 e. The Bertz CT molecular complexity index is 757.